The van der Waals surface area contributed by atoms with Gasteiger partial charge in [-0.25, -0.2) is 0 Å². The SMILES string of the molecule is CN1CCN(c2cccc3c2CCCO3)CC1. The fraction of sp³-hybridized carbons (Fsp3) is 0.571. The van der Waals surface area contributed by atoms with E-state index in [0.717, 1.165) is 51.4 Å². The van der Waals surface area contributed by atoms with Crippen molar-refractivity contribution >= 4 is 5.69 Å². The van der Waals surface area contributed by atoms with Crippen LogP contribution in [0.15, 0.2) is 18.2 Å². The summed E-state index contributed by atoms with van der Waals surface area (Å²) in [6.45, 7) is 5.45. The smallest absolute Gasteiger partial charge is 0.124 e. The van der Waals surface area contributed by atoms with Crippen LogP contribution < -0.4 is 9.64 Å². The van der Waals surface area contributed by atoms with Gasteiger partial charge in [-0.3, -0.25) is 0 Å². The lowest BCUT2D eigenvalue weighted by molar-refractivity contribution is 0.287. The number of hydrogen-bond donors (Lipinski definition) is 0. The molecule has 3 rings (SSSR count). The molecular formula is C14H20N2O. The summed E-state index contributed by atoms with van der Waals surface area (Å²) in [6.07, 6.45) is 2.32. The van der Waals surface area contributed by atoms with Gasteiger partial charge in [-0.1, -0.05) is 6.07 Å². The highest BCUT2D eigenvalue weighted by atomic mass is 16.5. The van der Waals surface area contributed by atoms with Crippen molar-refractivity contribution in [1.82, 2.24) is 4.90 Å². The number of rotatable bonds is 1. The van der Waals surface area contributed by atoms with Gasteiger partial charge in [0.1, 0.15) is 5.75 Å². The predicted octanol–water partition coefficient (Wildman–Crippen LogP) is 1.76. The first-order valence-corrected chi connectivity index (χ1v) is 6.53. The van der Waals surface area contributed by atoms with E-state index in [9.17, 15) is 0 Å². The molecule has 0 atom stereocenters. The first kappa shape index (κ1) is 10.9. The van der Waals surface area contributed by atoms with Crippen LogP contribution in [0.25, 0.3) is 0 Å². The van der Waals surface area contributed by atoms with E-state index >= 15 is 0 Å². The van der Waals surface area contributed by atoms with E-state index in [2.05, 4.69) is 35.0 Å². The molecule has 0 bridgehead atoms. The second kappa shape index (κ2) is 4.57. The zero-order chi connectivity index (χ0) is 11.7. The van der Waals surface area contributed by atoms with Crippen molar-refractivity contribution in [2.75, 3.05) is 44.7 Å². The molecule has 2 aliphatic heterocycles. The summed E-state index contributed by atoms with van der Waals surface area (Å²) < 4.78 is 5.74. The Hall–Kier alpha value is -1.22. The van der Waals surface area contributed by atoms with Crippen LogP contribution in [-0.4, -0.2) is 44.7 Å². The van der Waals surface area contributed by atoms with Gasteiger partial charge in [-0.05, 0) is 32.0 Å². The van der Waals surface area contributed by atoms with Gasteiger partial charge in [-0.15, -0.1) is 0 Å². The summed E-state index contributed by atoms with van der Waals surface area (Å²) >= 11 is 0. The molecule has 2 aliphatic rings. The molecule has 1 aromatic rings. The summed E-state index contributed by atoms with van der Waals surface area (Å²) in [5.74, 6) is 1.10. The number of likely N-dealkylation sites (N-methyl/N-ethyl adjacent to an activating group) is 1. The average Bonchev–Trinajstić information content (AvgIpc) is 2.39. The third kappa shape index (κ3) is 2.12. The second-order valence-corrected chi connectivity index (χ2v) is 5.00. The molecule has 92 valence electrons. The van der Waals surface area contributed by atoms with Gasteiger partial charge in [0.25, 0.3) is 0 Å². The van der Waals surface area contributed by atoms with Crippen LogP contribution in [0.4, 0.5) is 5.69 Å². The van der Waals surface area contributed by atoms with E-state index in [1.165, 1.54) is 11.3 Å². The van der Waals surface area contributed by atoms with E-state index in [0.29, 0.717) is 0 Å². The van der Waals surface area contributed by atoms with Crippen molar-refractivity contribution in [2.24, 2.45) is 0 Å². The lowest BCUT2D eigenvalue weighted by Crippen LogP contribution is -2.44. The largest absolute Gasteiger partial charge is 0.493 e. The molecule has 0 N–H and O–H groups in total. The molecule has 3 nitrogen and oxygen atoms in total. The molecule has 3 heteroatoms. The Morgan fingerprint density at radius 1 is 1.12 bits per heavy atom. The molecule has 0 aromatic heterocycles. The third-order valence-corrected chi connectivity index (χ3v) is 3.78. The van der Waals surface area contributed by atoms with Crippen LogP contribution in [0.2, 0.25) is 0 Å². The van der Waals surface area contributed by atoms with Gasteiger partial charge in [-0.2, -0.15) is 0 Å². The zero-order valence-electron chi connectivity index (χ0n) is 10.5. The summed E-state index contributed by atoms with van der Waals surface area (Å²) in [7, 11) is 2.20. The summed E-state index contributed by atoms with van der Waals surface area (Å²) in [4.78, 5) is 4.90. The van der Waals surface area contributed by atoms with E-state index in [-0.39, 0.29) is 0 Å². The van der Waals surface area contributed by atoms with Crippen LogP contribution in [-0.2, 0) is 6.42 Å². The van der Waals surface area contributed by atoms with Gasteiger partial charge in [0.05, 0.1) is 6.61 Å². The minimum absolute atomic E-state index is 0.874. The molecule has 0 amide bonds. The van der Waals surface area contributed by atoms with Gasteiger partial charge in [0.15, 0.2) is 0 Å². The molecule has 0 spiro atoms. The van der Waals surface area contributed by atoms with Gasteiger partial charge >= 0.3 is 0 Å². The summed E-state index contributed by atoms with van der Waals surface area (Å²) in [5.41, 5.74) is 2.82. The number of hydrogen-bond acceptors (Lipinski definition) is 3. The van der Waals surface area contributed by atoms with Gasteiger partial charge in [0.2, 0.25) is 0 Å². The minimum atomic E-state index is 0.874. The molecule has 0 saturated carbocycles. The number of nitrogens with zero attached hydrogens (tertiary/aromatic N) is 2. The topological polar surface area (TPSA) is 15.7 Å². The third-order valence-electron chi connectivity index (χ3n) is 3.78. The highest BCUT2D eigenvalue weighted by molar-refractivity contribution is 5.60. The highest BCUT2D eigenvalue weighted by Gasteiger charge is 2.20. The Kier molecular flexibility index (Phi) is 2.93. The Labute approximate surface area is 103 Å². The fourth-order valence-corrected chi connectivity index (χ4v) is 2.72. The van der Waals surface area contributed by atoms with Crippen molar-refractivity contribution < 1.29 is 4.74 Å². The van der Waals surface area contributed by atoms with Gasteiger partial charge < -0.3 is 14.5 Å². The fourth-order valence-electron chi connectivity index (χ4n) is 2.72. The summed E-state index contributed by atoms with van der Waals surface area (Å²) in [6, 6.07) is 6.48. The van der Waals surface area contributed by atoms with E-state index in [1.807, 2.05) is 0 Å². The van der Waals surface area contributed by atoms with Crippen LogP contribution in [0.5, 0.6) is 5.75 Å². The Morgan fingerprint density at radius 2 is 1.94 bits per heavy atom. The van der Waals surface area contributed by atoms with E-state index < -0.39 is 0 Å². The van der Waals surface area contributed by atoms with Crippen molar-refractivity contribution in [3.63, 3.8) is 0 Å². The van der Waals surface area contributed by atoms with Crippen LogP contribution in [0.1, 0.15) is 12.0 Å². The van der Waals surface area contributed by atoms with E-state index in [1.54, 1.807) is 0 Å². The number of anilines is 1. The molecule has 0 radical (unpaired) electrons. The Bertz CT molecular complexity index is 397. The summed E-state index contributed by atoms with van der Waals surface area (Å²) in [5, 5.41) is 0. The molecule has 17 heavy (non-hydrogen) atoms. The molecule has 1 aromatic carbocycles. The maximum absolute atomic E-state index is 5.74. The number of piperazine rings is 1. The lowest BCUT2D eigenvalue weighted by Gasteiger charge is -2.36. The van der Waals surface area contributed by atoms with Crippen LogP contribution in [0.3, 0.4) is 0 Å². The predicted molar refractivity (Wildman–Crippen MR) is 70.0 cm³/mol. The van der Waals surface area contributed by atoms with Crippen molar-refractivity contribution in [3.8, 4) is 5.75 Å². The maximum Gasteiger partial charge on any atom is 0.124 e. The monoisotopic (exact) mass is 232 g/mol. The van der Waals surface area contributed by atoms with E-state index in [4.69, 9.17) is 4.74 Å². The van der Waals surface area contributed by atoms with Crippen LogP contribution in [0, 0.1) is 0 Å². The minimum Gasteiger partial charge on any atom is -0.493 e. The first-order valence-electron chi connectivity index (χ1n) is 6.53. The Morgan fingerprint density at radius 3 is 2.76 bits per heavy atom. The van der Waals surface area contributed by atoms with Crippen LogP contribution >= 0.6 is 0 Å². The average molecular weight is 232 g/mol. The van der Waals surface area contributed by atoms with Crippen molar-refractivity contribution in [1.29, 1.82) is 0 Å². The molecule has 1 fully saturated rings. The Balaban J connectivity index is 1.87. The molecule has 1 saturated heterocycles. The highest BCUT2D eigenvalue weighted by Crippen LogP contribution is 2.33. The number of benzene rings is 1. The number of ether oxygens (including phenoxy) is 1. The maximum atomic E-state index is 5.74. The van der Waals surface area contributed by atoms with Gasteiger partial charge in [0, 0.05) is 37.4 Å². The zero-order valence-corrected chi connectivity index (χ0v) is 10.5. The van der Waals surface area contributed by atoms with Crippen molar-refractivity contribution in [3.05, 3.63) is 23.8 Å². The molecule has 2 heterocycles. The lowest BCUT2D eigenvalue weighted by atomic mass is 10.0. The van der Waals surface area contributed by atoms with Crippen molar-refractivity contribution in [2.45, 2.75) is 12.8 Å². The molecule has 0 aliphatic carbocycles. The molecular weight excluding hydrogens is 212 g/mol. The normalized spacial score (nSPS) is 20.9. The standard InChI is InChI=1S/C14H20N2O/c1-15-7-9-16(10-8-15)13-5-2-6-14-12(13)4-3-11-17-14/h2,5-6H,3-4,7-11H2,1H3. The number of fused-ring (bicyclic) bond motifs is 1. The second-order valence-electron chi connectivity index (χ2n) is 5.00. The molecule has 0 unspecified atom stereocenters. The first-order chi connectivity index (χ1) is 8.34. The quantitative estimate of drug-likeness (QED) is 0.734.